The van der Waals surface area contributed by atoms with E-state index >= 15 is 0 Å². The molecule has 0 saturated heterocycles. The SMILES string of the molecule is Cc1ncc(CNc2ccc(N)c(C(=O)O)c2)s1. The Morgan fingerprint density at radius 1 is 1.56 bits per heavy atom. The van der Waals surface area contributed by atoms with Crippen molar-refractivity contribution in [1.82, 2.24) is 4.98 Å². The van der Waals surface area contributed by atoms with Gasteiger partial charge in [0.25, 0.3) is 0 Å². The zero-order chi connectivity index (χ0) is 13.1. The number of rotatable bonds is 4. The zero-order valence-electron chi connectivity index (χ0n) is 9.80. The summed E-state index contributed by atoms with van der Waals surface area (Å²) < 4.78 is 0. The molecule has 0 fully saturated rings. The molecule has 2 aromatic rings. The van der Waals surface area contributed by atoms with Gasteiger partial charge < -0.3 is 16.2 Å². The number of aryl methyl sites for hydroxylation is 1. The van der Waals surface area contributed by atoms with Crippen molar-refractivity contribution in [1.29, 1.82) is 0 Å². The number of benzene rings is 1. The summed E-state index contributed by atoms with van der Waals surface area (Å²) in [6.07, 6.45) is 1.81. The molecule has 0 atom stereocenters. The van der Waals surface area contributed by atoms with E-state index in [-0.39, 0.29) is 11.3 Å². The average molecular weight is 263 g/mol. The van der Waals surface area contributed by atoms with Gasteiger partial charge >= 0.3 is 5.97 Å². The Hall–Kier alpha value is -2.08. The molecule has 4 N–H and O–H groups in total. The van der Waals surface area contributed by atoms with E-state index in [0.29, 0.717) is 6.54 Å². The molecular weight excluding hydrogens is 250 g/mol. The molecule has 2 rings (SSSR count). The van der Waals surface area contributed by atoms with Crippen molar-refractivity contribution in [2.75, 3.05) is 11.1 Å². The number of aromatic nitrogens is 1. The minimum Gasteiger partial charge on any atom is -0.478 e. The number of nitrogens with one attached hydrogen (secondary N) is 1. The van der Waals surface area contributed by atoms with Crippen LogP contribution in [0.4, 0.5) is 11.4 Å². The predicted molar refractivity (Wildman–Crippen MR) is 72.0 cm³/mol. The van der Waals surface area contributed by atoms with Crippen molar-refractivity contribution in [3.05, 3.63) is 39.8 Å². The first kappa shape index (κ1) is 12.4. The molecular formula is C12H13N3O2S. The second-order valence-corrected chi connectivity index (χ2v) is 5.13. The molecule has 0 unspecified atom stereocenters. The van der Waals surface area contributed by atoms with Crippen LogP contribution in [0.1, 0.15) is 20.2 Å². The Kier molecular flexibility index (Phi) is 3.47. The van der Waals surface area contributed by atoms with Gasteiger partial charge in [0.2, 0.25) is 0 Å². The van der Waals surface area contributed by atoms with Gasteiger partial charge in [-0.3, -0.25) is 0 Å². The number of carbonyl (C=O) groups is 1. The highest BCUT2D eigenvalue weighted by Gasteiger charge is 2.08. The van der Waals surface area contributed by atoms with Crippen molar-refractivity contribution >= 4 is 28.7 Å². The van der Waals surface area contributed by atoms with Crippen LogP contribution in [-0.2, 0) is 6.54 Å². The second-order valence-electron chi connectivity index (χ2n) is 3.81. The quantitative estimate of drug-likeness (QED) is 0.737. The molecule has 1 aromatic heterocycles. The van der Waals surface area contributed by atoms with Gasteiger partial charge in [-0.05, 0) is 25.1 Å². The summed E-state index contributed by atoms with van der Waals surface area (Å²) in [5, 5.41) is 13.1. The average Bonchev–Trinajstić information content (AvgIpc) is 2.74. The fraction of sp³-hybridized carbons (Fsp3) is 0.167. The van der Waals surface area contributed by atoms with E-state index in [2.05, 4.69) is 10.3 Å². The molecule has 0 bridgehead atoms. The molecule has 0 saturated carbocycles. The monoisotopic (exact) mass is 263 g/mol. The van der Waals surface area contributed by atoms with Crippen LogP contribution in [0.5, 0.6) is 0 Å². The number of carboxylic acid groups (broad SMARTS) is 1. The van der Waals surface area contributed by atoms with Crippen LogP contribution in [0.2, 0.25) is 0 Å². The van der Waals surface area contributed by atoms with E-state index in [1.165, 1.54) is 6.07 Å². The van der Waals surface area contributed by atoms with Gasteiger partial charge in [0.15, 0.2) is 0 Å². The Morgan fingerprint density at radius 3 is 2.94 bits per heavy atom. The smallest absolute Gasteiger partial charge is 0.337 e. The van der Waals surface area contributed by atoms with Crippen LogP contribution >= 0.6 is 11.3 Å². The second kappa shape index (κ2) is 5.05. The summed E-state index contributed by atoms with van der Waals surface area (Å²) in [4.78, 5) is 16.2. The predicted octanol–water partition coefficient (Wildman–Crippen LogP) is 2.34. The molecule has 5 nitrogen and oxygen atoms in total. The number of thiazole rings is 1. The molecule has 18 heavy (non-hydrogen) atoms. The Bertz CT molecular complexity index is 580. The normalized spacial score (nSPS) is 10.3. The lowest BCUT2D eigenvalue weighted by molar-refractivity contribution is 0.0698. The van der Waals surface area contributed by atoms with Crippen LogP contribution < -0.4 is 11.1 Å². The van der Waals surface area contributed by atoms with Gasteiger partial charge in [-0.1, -0.05) is 0 Å². The van der Waals surface area contributed by atoms with Crippen molar-refractivity contribution in [2.24, 2.45) is 0 Å². The molecule has 6 heteroatoms. The number of aromatic carboxylic acids is 1. The van der Waals surface area contributed by atoms with Gasteiger partial charge in [-0.25, -0.2) is 9.78 Å². The lowest BCUT2D eigenvalue weighted by Gasteiger charge is -2.07. The first-order valence-electron chi connectivity index (χ1n) is 5.34. The molecule has 0 radical (unpaired) electrons. The Morgan fingerprint density at radius 2 is 2.33 bits per heavy atom. The highest BCUT2D eigenvalue weighted by atomic mass is 32.1. The summed E-state index contributed by atoms with van der Waals surface area (Å²) in [7, 11) is 0. The first-order valence-corrected chi connectivity index (χ1v) is 6.16. The number of hydrogen-bond donors (Lipinski definition) is 3. The maximum atomic E-state index is 10.9. The lowest BCUT2D eigenvalue weighted by Crippen LogP contribution is -2.04. The third-order valence-electron chi connectivity index (χ3n) is 2.42. The number of nitrogen functional groups attached to an aromatic ring is 1. The minimum atomic E-state index is -1.02. The van der Waals surface area contributed by atoms with Crippen LogP contribution in [0.25, 0.3) is 0 Å². The third-order valence-corrected chi connectivity index (χ3v) is 3.33. The summed E-state index contributed by atoms with van der Waals surface area (Å²) in [6.45, 7) is 2.56. The number of nitrogens with two attached hydrogens (primary N) is 1. The van der Waals surface area contributed by atoms with Gasteiger partial charge in [0.05, 0.1) is 17.1 Å². The first-order chi connectivity index (χ1) is 8.56. The number of anilines is 2. The van der Waals surface area contributed by atoms with Gasteiger partial charge in [-0.15, -0.1) is 11.3 Å². The van der Waals surface area contributed by atoms with Crippen LogP contribution in [0.15, 0.2) is 24.4 Å². The third kappa shape index (κ3) is 2.78. The van der Waals surface area contributed by atoms with Crippen molar-refractivity contribution in [2.45, 2.75) is 13.5 Å². The summed E-state index contributed by atoms with van der Waals surface area (Å²) >= 11 is 1.61. The van der Waals surface area contributed by atoms with E-state index in [1.807, 2.05) is 13.1 Å². The number of carboxylic acids is 1. The molecule has 0 aliphatic heterocycles. The molecule has 94 valence electrons. The Balaban J connectivity index is 2.10. The fourth-order valence-corrected chi connectivity index (χ4v) is 2.26. The van der Waals surface area contributed by atoms with E-state index in [1.54, 1.807) is 23.5 Å². The maximum Gasteiger partial charge on any atom is 0.337 e. The molecule has 0 aliphatic carbocycles. The zero-order valence-corrected chi connectivity index (χ0v) is 10.6. The highest BCUT2D eigenvalue weighted by Crippen LogP contribution is 2.19. The van der Waals surface area contributed by atoms with Crippen LogP contribution in [-0.4, -0.2) is 16.1 Å². The number of hydrogen-bond acceptors (Lipinski definition) is 5. The molecule has 0 aliphatic rings. The van der Waals surface area contributed by atoms with Gasteiger partial charge in [0, 0.05) is 22.4 Å². The van der Waals surface area contributed by atoms with E-state index in [9.17, 15) is 4.79 Å². The molecule has 1 aromatic carbocycles. The van der Waals surface area contributed by atoms with Gasteiger partial charge in [-0.2, -0.15) is 0 Å². The molecule has 1 heterocycles. The largest absolute Gasteiger partial charge is 0.478 e. The summed E-state index contributed by atoms with van der Waals surface area (Å²) in [5.74, 6) is -1.02. The fourth-order valence-electron chi connectivity index (χ4n) is 1.53. The minimum absolute atomic E-state index is 0.112. The highest BCUT2D eigenvalue weighted by molar-refractivity contribution is 7.11. The van der Waals surface area contributed by atoms with Crippen molar-refractivity contribution < 1.29 is 9.90 Å². The van der Waals surface area contributed by atoms with E-state index < -0.39 is 5.97 Å². The van der Waals surface area contributed by atoms with Crippen molar-refractivity contribution in [3.8, 4) is 0 Å². The maximum absolute atomic E-state index is 10.9. The number of nitrogens with zero attached hydrogens (tertiary/aromatic N) is 1. The summed E-state index contributed by atoms with van der Waals surface area (Å²) in [5.41, 5.74) is 6.69. The summed E-state index contributed by atoms with van der Waals surface area (Å²) in [6, 6.07) is 4.88. The molecule has 0 amide bonds. The molecule has 0 spiro atoms. The topological polar surface area (TPSA) is 88.2 Å². The van der Waals surface area contributed by atoms with Crippen molar-refractivity contribution in [3.63, 3.8) is 0 Å². The van der Waals surface area contributed by atoms with E-state index in [4.69, 9.17) is 10.8 Å². The Labute approximate surface area is 108 Å². The van der Waals surface area contributed by atoms with E-state index in [0.717, 1.165) is 15.6 Å². The van der Waals surface area contributed by atoms with Crippen LogP contribution in [0, 0.1) is 6.92 Å². The van der Waals surface area contributed by atoms with Gasteiger partial charge in [0.1, 0.15) is 0 Å². The van der Waals surface area contributed by atoms with Crippen LogP contribution in [0.3, 0.4) is 0 Å². The lowest BCUT2D eigenvalue weighted by atomic mass is 10.1. The standard InChI is InChI=1S/C12H13N3O2S/c1-7-14-5-9(18-7)6-15-8-2-3-11(13)10(4-8)12(16)17/h2-5,15H,6,13H2,1H3,(H,16,17).